The second kappa shape index (κ2) is 9.42. The van der Waals surface area contributed by atoms with E-state index in [0.29, 0.717) is 24.9 Å². The van der Waals surface area contributed by atoms with Gasteiger partial charge in [-0.05, 0) is 78.3 Å². The normalized spacial score (nSPS) is 22.3. The van der Waals surface area contributed by atoms with Crippen LogP contribution in [0.2, 0.25) is 0 Å². The van der Waals surface area contributed by atoms with Gasteiger partial charge in [0.15, 0.2) is 0 Å². The van der Waals surface area contributed by atoms with Gasteiger partial charge >= 0.3 is 5.97 Å². The molecule has 0 amide bonds. The Bertz CT molecular complexity index is 1780. The van der Waals surface area contributed by atoms with Gasteiger partial charge in [-0.2, -0.15) is 0 Å². The maximum atomic E-state index is 11.5. The molecule has 0 aromatic heterocycles. The van der Waals surface area contributed by atoms with E-state index in [4.69, 9.17) is 4.74 Å². The van der Waals surface area contributed by atoms with Gasteiger partial charge in [-0.3, -0.25) is 0 Å². The standard InChI is InChI=1S/C40H38O2/c1-7-36(41)42-19-18-24-8-14-31-32-16-12-26(23-35(32)40(5,6)34(31)20-24)30-15-11-25-9-10-27-21-29(39(2,3)4)22-28-13-17-33(30)38(25)37(27)28/h7-17,20-23,37-38H,1,18-19H2,2-6H3. The fraction of sp³-hybridized carbons (Fsp3) is 0.275. The summed E-state index contributed by atoms with van der Waals surface area (Å²) in [7, 11) is 0. The first kappa shape index (κ1) is 26.7. The molecule has 210 valence electrons. The highest BCUT2D eigenvalue weighted by atomic mass is 16.5. The molecule has 0 aliphatic heterocycles. The molecule has 0 fully saturated rings. The van der Waals surface area contributed by atoms with Crippen LogP contribution in [0.3, 0.4) is 0 Å². The lowest BCUT2D eigenvalue weighted by atomic mass is 9.61. The van der Waals surface area contributed by atoms with Crippen molar-refractivity contribution >= 4 is 11.5 Å². The SMILES string of the molecule is C=CC(=O)OCCc1ccc2c(c1)C(C)(C)c1cc(C3=CC=C4C=CC5=CC(C(C)(C)C)=CC6=CC=C3C4C65)ccc1-2. The highest BCUT2D eigenvalue weighted by molar-refractivity contribution is 5.89. The smallest absolute Gasteiger partial charge is 0.330 e. The Morgan fingerprint density at radius 2 is 1.60 bits per heavy atom. The number of benzene rings is 2. The highest BCUT2D eigenvalue weighted by Crippen LogP contribution is 2.55. The Morgan fingerprint density at radius 3 is 2.36 bits per heavy atom. The third kappa shape index (κ3) is 4.11. The quantitative estimate of drug-likeness (QED) is 0.274. The van der Waals surface area contributed by atoms with E-state index in [1.54, 1.807) is 0 Å². The molecule has 0 radical (unpaired) electrons. The van der Waals surface area contributed by atoms with Gasteiger partial charge in [-0.1, -0.05) is 120 Å². The molecule has 0 heterocycles. The molecule has 0 saturated heterocycles. The third-order valence-electron chi connectivity index (χ3n) is 9.79. The van der Waals surface area contributed by atoms with E-state index in [-0.39, 0.29) is 16.8 Å². The average Bonchev–Trinajstić information content (AvgIpc) is 3.20. The van der Waals surface area contributed by atoms with Gasteiger partial charge in [0.25, 0.3) is 0 Å². The molecule has 0 bridgehead atoms. The molecule has 5 aliphatic rings. The van der Waals surface area contributed by atoms with Crippen molar-refractivity contribution in [2.45, 2.75) is 46.5 Å². The lowest BCUT2D eigenvalue weighted by Crippen LogP contribution is -2.30. The molecule has 2 heteroatoms. The van der Waals surface area contributed by atoms with E-state index < -0.39 is 0 Å². The van der Waals surface area contributed by atoms with E-state index in [1.807, 2.05) is 0 Å². The molecule has 5 aliphatic carbocycles. The van der Waals surface area contributed by atoms with Crippen molar-refractivity contribution in [3.8, 4) is 11.1 Å². The van der Waals surface area contributed by atoms with Crippen LogP contribution >= 0.6 is 0 Å². The second-order valence-corrected chi connectivity index (χ2v) is 13.7. The molecule has 42 heavy (non-hydrogen) atoms. The summed E-state index contributed by atoms with van der Waals surface area (Å²) in [6.45, 7) is 15.4. The van der Waals surface area contributed by atoms with Crippen LogP contribution in [0, 0.1) is 17.3 Å². The molecule has 2 nitrogen and oxygen atoms in total. The number of carbonyl (C=O) groups excluding carboxylic acids is 1. The van der Waals surface area contributed by atoms with Gasteiger partial charge in [0, 0.05) is 29.7 Å². The van der Waals surface area contributed by atoms with E-state index in [2.05, 4.69) is 126 Å². The summed E-state index contributed by atoms with van der Waals surface area (Å²) in [5.74, 6) is 0.367. The maximum Gasteiger partial charge on any atom is 0.330 e. The van der Waals surface area contributed by atoms with Crippen LogP contribution in [-0.4, -0.2) is 12.6 Å². The average molecular weight is 551 g/mol. The van der Waals surface area contributed by atoms with Gasteiger partial charge in [-0.25, -0.2) is 4.79 Å². The van der Waals surface area contributed by atoms with Crippen LogP contribution < -0.4 is 0 Å². The molecular weight excluding hydrogens is 512 g/mol. The number of hydrogen-bond donors (Lipinski definition) is 0. The lowest BCUT2D eigenvalue weighted by molar-refractivity contribution is -0.137. The van der Waals surface area contributed by atoms with Crippen molar-refractivity contribution in [1.82, 2.24) is 0 Å². The van der Waals surface area contributed by atoms with Gasteiger partial charge in [0.05, 0.1) is 6.61 Å². The molecule has 2 aromatic carbocycles. The fourth-order valence-corrected chi connectivity index (χ4v) is 7.42. The van der Waals surface area contributed by atoms with Crippen molar-refractivity contribution in [3.63, 3.8) is 0 Å². The predicted molar refractivity (Wildman–Crippen MR) is 173 cm³/mol. The summed E-state index contributed by atoms with van der Waals surface area (Å²) in [5, 5.41) is 0. The first-order chi connectivity index (χ1) is 20.1. The van der Waals surface area contributed by atoms with Gasteiger partial charge in [0.1, 0.15) is 0 Å². The summed E-state index contributed by atoms with van der Waals surface area (Å²) in [5.41, 5.74) is 16.2. The van der Waals surface area contributed by atoms with Crippen LogP contribution in [-0.2, 0) is 21.4 Å². The molecular formula is C40H38O2. The fourth-order valence-electron chi connectivity index (χ4n) is 7.42. The number of ether oxygens (including phenoxy) is 1. The van der Waals surface area contributed by atoms with Crippen molar-refractivity contribution in [2.75, 3.05) is 6.61 Å². The third-order valence-corrected chi connectivity index (χ3v) is 9.79. The van der Waals surface area contributed by atoms with E-state index in [9.17, 15) is 4.79 Å². The van der Waals surface area contributed by atoms with E-state index in [1.165, 1.54) is 72.9 Å². The topological polar surface area (TPSA) is 26.3 Å². The van der Waals surface area contributed by atoms with E-state index >= 15 is 0 Å². The molecule has 2 atom stereocenters. The van der Waals surface area contributed by atoms with E-state index in [0.717, 1.165) is 0 Å². The Morgan fingerprint density at radius 1 is 0.881 bits per heavy atom. The Labute approximate surface area is 249 Å². The van der Waals surface area contributed by atoms with Crippen LogP contribution in [0.25, 0.3) is 16.7 Å². The molecule has 0 N–H and O–H groups in total. The Hall–Kier alpha value is -4.17. The zero-order valence-electron chi connectivity index (χ0n) is 25.3. The summed E-state index contributed by atoms with van der Waals surface area (Å²) in [4.78, 5) is 11.5. The predicted octanol–water partition coefficient (Wildman–Crippen LogP) is 9.17. The number of fused-ring (bicyclic) bond motifs is 3. The molecule has 2 aromatic rings. The van der Waals surface area contributed by atoms with Gasteiger partial charge < -0.3 is 4.74 Å². The van der Waals surface area contributed by atoms with Crippen LogP contribution in [0.15, 0.2) is 126 Å². The van der Waals surface area contributed by atoms with Gasteiger partial charge in [-0.15, -0.1) is 0 Å². The van der Waals surface area contributed by atoms with Crippen LogP contribution in [0.4, 0.5) is 0 Å². The van der Waals surface area contributed by atoms with Gasteiger partial charge in [0.2, 0.25) is 0 Å². The summed E-state index contributed by atoms with van der Waals surface area (Å²) in [6.07, 6.45) is 20.9. The van der Waals surface area contributed by atoms with Crippen LogP contribution in [0.1, 0.15) is 56.9 Å². The number of carbonyl (C=O) groups is 1. The van der Waals surface area contributed by atoms with Crippen molar-refractivity contribution in [1.29, 1.82) is 0 Å². The Balaban J connectivity index is 1.24. The van der Waals surface area contributed by atoms with Crippen molar-refractivity contribution < 1.29 is 9.53 Å². The molecule has 0 spiro atoms. The lowest BCUT2D eigenvalue weighted by Gasteiger charge is -2.42. The summed E-state index contributed by atoms with van der Waals surface area (Å²) < 4.78 is 5.24. The zero-order chi connectivity index (χ0) is 29.4. The molecule has 7 rings (SSSR count). The molecule has 0 saturated carbocycles. The number of rotatable bonds is 5. The monoisotopic (exact) mass is 550 g/mol. The maximum absolute atomic E-state index is 11.5. The minimum atomic E-state index is -0.374. The largest absolute Gasteiger partial charge is 0.462 e. The minimum Gasteiger partial charge on any atom is -0.462 e. The molecule has 2 unspecified atom stereocenters. The zero-order valence-corrected chi connectivity index (χ0v) is 25.3. The number of esters is 1. The highest BCUT2D eigenvalue weighted by Gasteiger charge is 2.41. The first-order valence-electron chi connectivity index (χ1n) is 15.1. The summed E-state index contributed by atoms with van der Waals surface area (Å²) in [6, 6.07) is 13.8. The summed E-state index contributed by atoms with van der Waals surface area (Å²) >= 11 is 0. The first-order valence-corrected chi connectivity index (χ1v) is 15.1. The minimum absolute atomic E-state index is 0.123. The number of hydrogen-bond acceptors (Lipinski definition) is 2. The van der Waals surface area contributed by atoms with Crippen LogP contribution in [0.5, 0.6) is 0 Å². The number of allylic oxidation sites excluding steroid dienone is 14. The van der Waals surface area contributed by atoms with Crippen molar-refractivity contribution in [3.05, 3.63) is 148 Å². The van der Waals surface area contributed by atoms with Crippen molar-refractivity contribution in [2.24, 2.45) is 17.3 Å². The second-order valence-electron chi connectivity index (χ2n) is 13.7. The Kier molecular flexibility index (Phi) is 5.99.